The van der Waals surface area contributed by atoms with Gasteiger partial charge in [0.1, 0.15) is 0 Å². The molecule has 0 amide bonds. The standard InChI is InChI=1S/C14H18O5/c15-13(16)9-12(14(17)18)7-4-8-19-10-11-5-2-1-3-6-11/h1-3,5-6,12H,4,7-10H2,(H,15,16)(H,17,18)/t12-/m0/s1. The quantitative estimate of drug-likeness (QED) is 0.669. The van der Waals surface area contributed by atoms with Crippen LogP contribution in [0.25, 0.3) is 0 Å². The molecule has 1 atom stereocenters. The molecular weight excluding hydrogens is 248 g/mol. The number of carbonyl (C=O) groups is 2. The molecular formula is C14H18O5. The summed E-state index contributed by atoms with van der Waals surface area (Å²) < 4.78 is 5.41. The molecule has 1 rings (SSSR count). The van der Waals surface area contributed by atoms with Gasteiger partial charge in [-0.25, -0.2) is 0 Å². The maximum absolute atomic E-state index is 10.8. The lowest BCUT2D eigenvalue weighted by Gasteiger charge is -2.09. The lowest BCUT2D eigenvalue weighted by molar-refractivity contribution is -0.148. The van der Waals surface area contributed by atoms with Gasteiger partial charge in [-0.3, -0.25) is 9.59 Å². The average Bonchev–Trinajstić information content (AvgIpc) is 2.37. The molecule has 0 aliphatic carbocycles. The van der Waals surface area contributed by atoms with E-state index in [0.29, 0.717) is 26.1 Å². The van der Waals surface area contributed by atoms with E-state index < -0.39 is 17.9 Å². The lowest BCUT2D eigenvalue weighted by atomic mass is 10.00. The van der Waals surface area contributed by atoms with E-state index in [1.54, 1.807) is 0 Å². The van der Waals surface area contributed by atoms with Crippen LogP contribution in [0.15, 0.2) is 30.3 Å². The minimum absolute atomic E-state index is 0.316. The van der Waals surface area contributed by atoms with Crippen molar-refractivity contribution in [1.29, 1.82) is 0 Å². The second-order valence-corrected chi connectivity index (χ2v) is 4.31. The third-order valence-corrected chi connectivity index (χ3v) is 2.72. The molecule has 0 spiro atoms. The van der Waals surface area contributed by atoms with Gasteiger partial charge in [0.15, 0.2) is 0 Å². The molecule has 0 aromatic heterocycles. The second-order valence-electron chi connectivity index (χ2n) is 4.31. The predicted molar refractivity (Wildman–Crippen MR) is 68.7 cm³/mol. The van der Waals surface area contributed by atoms with Crippen LogP contribution in [-0.2, 0) is 20.9 Å². The fourth-order valence-electron chi connectivity index (χ4n) is 1.72. The fourth-order valence-corrected chi connectivity index (χ4v) is 1.72. The van der Waals surface area contributed by atoms with Crippen LogP contribution < -0.4 is 0 Å². The van der Waals surface area contributed by atoms with Gasteiger partial charge < -0.3 is 14.9 Å². The van der Waals surface area contributed by atoms with Gasteiger partial charge in [0.2, 0.25) is 0 Å². The van der Waals surface area contributed by atoms with Gasteiger partial charge in [-0.2, -0.15) is 0 Å². The molecule has 104 valence electrons. The third kappa shape index (κ3) is 6.57. The Hall–Kier alpha value is -1.88. The first-order valence-corrected chi connectivity index (χ1v) is 6.16. The number of aliphatic carboxylic acids is 2. The van der Waals surface area contributed by atoms with Crippen molar-refractivity contribution in [3.8, 4) is 0 Å². The average molecular weight is 266 g/mol. The highest BCUT2D eigenvalue weighted by molar-refractivity contribution is 5.77. The highest BCUT2D eigenvalue weighted by Crippen LogP contribution is 2.12. The van der Waals surface area contributed by atoms with Crippen LogP contribution in [0.2, 0.25) is 0 Å². The smallest absolute Gasteiger partial charge is 0.307 e. The number of carboxylic acids is 2. The number of benzene rings is 1. The van der Waals surface area contributed by atoms with Gasteiger partial charge in [0, 0.05) is 6.61 Å². The van der Waals surface area contributed by atoms with Gasteiger partial charge in [-0.05, 0) is 18.4 Å². The Bertz CT molecular complexity index is 402. The number of hydrogen-bond acceptors (Lipinski definition) is 3. The highest BCUT2D eigenvalue weighted by atomic mass is 16.5. The molecule has 0 unspecified atom stereocenters. The lowest BCUT2D eigenvalue weighted by Crippen LogP contribution is -2.18. The molecule has 0 aliphatic heterocycles. The number of hydrogen-bond donors (Lipinski definition) is 2. The first-order valence-electron chi connectivity index (χ1n) is 6.16. The molecule has 0 aliphatic rings. The van der Waals surface area contributed by atoms with Crippen LogP contribution >= 0.6 is 0 Å². The Balaban J connectivity index is 2.18. The second kappa shape index (κ2) is 8.26. The molecule has 1 aromatic rings. The largest absolute Gasteiger partial charge is 0.481 e. The monoisotopic (exact) mass is 266 g/mol. The van der Waals surface area contributed by atoms with Crippen LogP contribution in [0.4, 0.5) is 0 Å². The molecule has 0 bridgehead atoms. The maximum atomic E-state index is 10.8. The van der Waals surface area contributed by atoms with Gasteiger partial charge in [-0.1, -0.05) is 30.3 Å². The molecule has 0 radical (unpaired) electrons. The minimum atomic E-state index is -1.09. The summed E-state index contributed by atoms with van der Waals surface area (Å²) in [5.41, 5.74) is 1.06. The fraction of sp³-hybridized carbons (Fsp3) is 0.429. The van der Waals surface area contributed by atoms with Crippen LogP contribution in [-0.4, -0.2) is 28.8 Å². The Labute approximate surface area is 111 Å². The number of ether oxygens (including phenoxy) is 1. The molecule has 0 saturated heterocycles. The normalized spacial score (nSPS) is 12.0. The molecule has 1 aromatic carbocycles. The highest BCUT2D eigenvalue weighted by Gasteiger charge is 2.20. The summed E-state index contributed by atoms with van der Waals surface area (Å²) in [6.45, 7) is 0.913. The van der Waals surface area contributed by atoms with Gasteiger partial charge in [0.25, 0.3) is 0 Å². The Morgan fingerprint density at radius 1 is 1.16 bits per heavy atom. The molecule has 19 heavy (non-hydrogen) atoms. The van der Waals surface area contributed by atoms with E-state index >= 15 is 0 Å². The van der Waals surface area contributed by atoms with E-state index in [2.05, 4.69) is 0 Å². The third-order valence-electron chi connectivity index (χ3n) is 2.72. The van der Waals surface area contributed by atoms with Crippen LogP contribution in [0, 0.1) is 5.92 Å². The molecule has 5 heteroatoms. The van der Waals surface area contributed by atoms with Crippen molar-refractivity contribution in [3.05, 3.63) is 35.9 Å². The van der Waals surface area contributed by atoms with Crippen molar-refractivity contribution in [1.82, 2.24) is 0 Å². The van der Waals surface area contributed by atoms with Crippen molar-refractivity contribution >= 4 is 11.9 Å². The van der Waals surface area contributed by atoms with Crippen LogP contribution in [0.5, 0.6) is 0 Å². The summed E-state index contributed by atoms with van der Waals surface area (Å²) in [5.74, 6) is -2.99. The number of rotatable bonds is 9. The van der Waals surface area contributed by atoms with Gasteiger partial charge >= 0.3 is 11.9 Å². The summed E-state index contributed by atoms with van der Waals surface area (Å²) in [6, 6.07) is 9.67. The van der Waals surface area contributed by atoms with E-state index in [0.717, 1.165) is 5.56 Å². The van der Waals surface area contributed by atoms with Crippen LogP contribution in [0.1, 0.15) is 24.8 Å². The molecule has 0 fully saturated rings. The first kappa shape index (κ1) is 15.2. The van der Waals surface area contributed by atoms with Crippen molar-refractivity contribution < 1.29 is 24.5 Å². The zero-order valence-electron chi connectivity index (χ0n) is 10.6. The van der Waals surface area contributed by atoms with Crippen molar-refractivity contribution in [3.63, 3.8) is 0 Å². The van der Waals surface area contributed by atoms with E-state index in [9.17, 15) is 9.59 Å². The summed E-state index contributed by atoms with van der Waals surface area (Å²) in [4.78, 5) is 21.3. The van der Waals surface area contributed by atoms with E-state index in [1.807, 2.05) is 30.3 Å². The van der Waals surface area contributed by atoms with E-state index in [4.69, 9.17) is 14.9 Å². The summed E-state index contributed by atoms with van der Waals surface area (Å²) in [6.07, 6.45) is 0.515. The Kier molecular flexibility index (Phi) is 6.60. The van der Waals surface area contributed by atoms with Gasteiger partial charge in [0.05, 0.1) is 18.9 Å². The summed E-state index contributed by atoms with van der Waals surface area (Å²) in [7, 11) is 0. The van der Waals surface area contributed by atoms with Gasteiger partial charge in [-0.15, -0.1) is 0 Å². The SMILES string of the molecule is O=C(O)C[C@H](CCCOCc1ccccc1)C(=O)O. The Morgan fingerprint density at radius 3 is 2.42 bits per heavy atom. The van der Waals surface area contributed by atoms with Crippen molar-refractivity contribution in [2.24, 2.45) is 5.92 Å². The zero-order valence-corrected chi connectivity index (χ0v) is 10.6. The summed E-state index contributed by atoms with van der Waals surface area (Å²) >= 11 is 0. The predicted octanol–water partition coefficient (Wildman–Crippen LogP) is 2.16. The van der Waals surface area contributed by atoms with Crippen LogP contribution in [0.3, 0.4) is 0 Å². The zero-order chi connectivity index (χ0) is 14.1. The summed E-state index contributed by atoms with van der Waals surface area (Å²) in [5, 5.41) is 17.4. The molecule has 0 saturated carbocycles. The number of carboxylic acid groups (broad SMARTS) is 2. The Morgan fingerprint density at radius 2 is 1.84 bits per heavy atom. The topological polar surface area (TPSA) is 83.8 Å². The minimum Gasteiger partial charge on any atom is -0.481 e. The molecule has 2 N–H and O–H groups in total. The molecule has 5 nitrogen and oxygen atoms in total. The van der Waals surface area contributed by atoms with Crippen molar-refractivity contribution in [2.45, 2.75) is 25.9 Å². The maximum Gasteiger partial charge on any atom is 0.307 e. The molecule has 0 heterocycles. The first-order chi connectivity index (χ1) is 9.09. The van der Waals surface area contributed by atoms with Crippen molar-refractivity contribution in [2.75, 3.05) is 6.61 Å². The van der Waals surface area contributed by atoms with E-state index in [1.165, 1.54) is 0 Å². The van der Waals surface area contributed by atoms with E-state index in [-0.39, 0.29) is 6.42 Å².